The highest BCUT2D eigenvalue weighted by Crippen LogP contribution is 2.29. The number of hydrogen-bond donors (Lipinski definition) is 1. The fourth-order valence-corrected chi connectivity index (χ4v) is 2.95. The SMILES string of the molecule is CC(C)CCCCOC(=O)C1CCC(CNC(C)C)CC1. The summed E-state index contributed by atoms with van der Waals surface area (Å²) in [5.74, 6) is 1.69. The van der Waals surface area contributed by atoms with Gasteiger partial charge in [0.2, 0.25) is 0 Å². The summed E-state index contributed by atoms with van der Waals surface area (Å²) in [7, 11) is 0. The first-order chi connectivity index (χ1) is 9.99. The minimum Gasteiger partial charge on any atom is -0.465 e. The number of unbranched alkanes of at least 4 members (excludes halogenated alkanes) is 1. The summed E-state index contributed by atoms with van der Waals surface area (Å²) in [6.07, 6.45) is 7.74. The van der Waals surface area contributed by atoms with E-state index in [1.54, 1.807) is 0 Å². The van der Waals surface area contributed by atoms with Crippen LogP contribution in [0.3, 0.4) is 0 Å². The minimum atomic E-state index is 0.0508. The van der Waals surface area contributed by atoms with E-state index in [1.165, 1.54) is 12.8 Å². The van der Waals surface area contributed by atoms with E-state index in [1.807, 2.05) is 0 Å². The van der Waals surface area contributed by atoms with Gasteiger partial charge in [-0.05, 0) is 56.9 Å². The first-order valence-corrected chi connectivity index (χ1v) is 8.89. The topological polar surface area (TPSA) is 38.3 Å². The number of carbonyl (C=O) groups excluding carboxylic acids is 1. The summed E-state index contributed by atoms with van der Waals surface area (Å²) in [4.78, 5) is 12.0. The minimum absolute atomic E-state index is 0.0508. The van der Waals surface area contributed by atoms with Crippen LogP contribution >= 0.6 is 0 Å². The molecule has 1 aliphatic rings. The molecule has 3 nitrogen and oxygen atoms in total. The van der Waals surface area contributed by atoms with Crippen molar-refractivity contribution in [2.24, 2.45) is 17.8 Å². The van der Waals surface area contributed by atoms with E-state index in [4.69, 9.17) is 4.74 Å². The number of hydrogen-bond acceptors (Lipinski definition) is 3. The number of carbonyl (C=O) groups is 1. The van der Waals surface area contributed by atoms with Crippen molar-refractivity contribution < 1.29 is 9.53 Å². The molecule has 0 spiro atoms. The Bertz CT molecular complexity index is 281. The second kappa shape index (κ2) is 10.2. The molecule has 0 atom stereocenters. The van der Waals surface area contributed by atoms with E-state index in [2.05, 4.69) is 33.0 Å². The van der Waals surface area contributed by atoms with Crippen LogP contribution < -0.4 is 5.32 Å². The van der Waals surface area contributed by atoms with Crippen molar-refractivity contribution in [1.82, 2.24) is 5.32 Å². The van der Waals surface area contributed by atoms with Gasteiger partial charge in [0, 0.05) is 6.04 Å². The van der Waals surface area contributed by atoms with Crippen molar-refractivity contribution in [1.29, 1.82) is 0 Å². The van der Waals surface area contributed by atoms with Crippen molar-refractivity contribution in [3.8, 4) is 0 Å². The molecule has 1 N–H and O–H groups in total. The van der Waals surface area contributed by atoms with Crippen LogP contribution in [0.5, 0.6) is 0 Å². The Morgan fingerprint density at radius 1 is 1.10 bits per heavy atom. The van der Waals surface area contributed by atoms with Gasteiger partial charge in [0.05, 0.1) is 12.5 Å². The molecule has 0 heterocycles. The Labute approximate surface area is 131 Å². The van der Waals surface area contributed by atoms with Gasteiger partial charge in [-0.2, -0.15) is 0 Å². The maximum atomic E-state index is 12.0. The molecule has 124 valence electrons. The van der Waals surface area contributed by atoms with Crippen molar-refractivity contribution >= 4 is 5.97 Å². The van der Waals surface area contributed by atoms with E-state index in [9.17, 15) is 4.79 Å². The summed E-state index contributed by atoms with van der Waals surface area (Å²) in [5, 5.41) is 3.50. The molecular formula is C18H35NO2. The summed E-state index contributed by atoms with van der Waals surface area (Å²) in [6.45, 7) is 10.5. The summed E-state index contributed by atoms with van der Waals surface area (Å²) >= 11 is 0. The van der Waals surface area contributed by atoms with Crippen LogP contribution in [0.2, 0.25) is 0 Å². The molecule has 3 heteroatoms. The molecule has 0 saturated heterocycles. The van der Waals surface area contributed by atoms with Gasteiger partial charge in [0.15, 0.2) is 0 Å². The quantitative estimate of drug-likeness (QED) is 0.513. The molecule has 0 aromatic heterocycles. The molecule has 1 rings (SSSR count). The lowest BCUT2D eigenvalue weighted by Crippen LogP contribution is -2.32. The Morgan fingerprint density at radius 2 is 1.76 bits per heavy atom. The first-order valence-electron chi connectivity index (χ1n) is 8.89. The van der Waals surface area contributed by atoms with Crippen molar-refractivity contribution in [3.05, 3.63) is 0 Å². The Balaban J connectivity index is 2.08. The second-order valence-electron chi connectivity index (χ2n) is 7.34. The average Bonchev–Trinajstić information content (AvgIpc) is 2.44. The fraction of sp³-hybridized carbons (Fsp3) is 0.944. The zero-order chi connectivity index (χ0) is 15.7. The maximum Gasteiger partial charge on any atom is 0.308 e. The summed E-state index contributed by atoms with van der Waals surface area (Å²) in [5.41, 5.74) is 0. The smallest absolute Gasteiger partial charge is 0.308 e. The van der Waals surface area contributed by atoms with Gasteiger partial charge in [0.1, 0.15) is 0 Å². The molecule has 1 aliphatic carbocycles. The average molecular weight is 297 g/mol. The third kappa shape index (κ3) is 8.45. The third-order valence-corrected chi connectivity index (χ3v) is 4.41. The van der Waals surface area contributed by atoms with Gasteiger partial charge in [-0.3, -0.25) is 4.79 Å². The normalized spacial score (nSPS) is 22.8. The number of esters is 1. The fourth-order valence-electron chi connectivity index (χ4n) is 2.95. The lowest BCUT2D eigenvalue weighted by Gasteiger charge is -2.28. The van der Waals surface area contributed by atoms with Crippen molar-refractivity contribution in [2.45, 2.75) is 78.7 Å². The molecule has 0 aromatic rings. The van der Waals surface area contributed by atoms with Crippen molar-refractivity contribution in [2.75, 3.05) is 13.2 Å². The van der Waals surface area contributed by atoms with Crippen LogP contribution in [0, 0.1) is 17.8 Å². The lowest BCUT2D eigenvalue weighted by molar-refractivity contribution is -0.150. The molecule has 0 amide bonds. The molecule has 0 aliphatic heterocycles. The predicted octanol–water partition coefficient (Wildman–Crippen LogP) is 4.16. The van der Waals surface area contributed by atoms with Gasteiger partial charge < -0.3 is 10.1 Å². The van der Waals surface area contributed by atoms with Crippen LogP contribution in [0.1, 0.15) is 72.6 Å². The van der Waals surface area contributed by atoms with E-state index in [0.29, 0.717) is 12.6 Å². The largest absolute Gasteiger partial charge is 0.465 e. The van der Waals surface area contributed by atoms with Gasteiger partial charge in [-0.25, -0.2) is 0 Å². The van der Waals surface area contributed by atoms with E-state index in [0.717, 1.165) is 50.5 Å². The molecular weight excluding hydrogens is 262 g/mol. The third-order valence-electron chi connectivity index (χ3n) is 4.41. The van der Waals surface area contributed by atoms with E-state index in [-0.39, 0.29) is 11.9 Å². The highest BCUT2D eigenvalue weighted by Gasteiger charge is 2.27. The van der Waals surface area contributed by atoms with Crippen LogP contribution in [0.15, 0.2) is 0 Å². The molecule has 0 bridgehead atoms. The van der Waals surface area contributed by atoms with Crippen LogP contribution in [-0.2, 0) is 9.53 Å². The van der Waals surface area contributed by atoms with Gasteiger partial charge in [0.25, 0.3) is 0 Å². The van der Waals surface area contributed by atoms with Crippen molar-refractivity contribution in [3.63, 3.8) is 0 Å². The Hall–Kier alpha value is -0.570. The zero-order valence-corrected chi connectivity index (χ0v) is 14.5. The first kappa shape index (κ1) is 18.5. The molecule has 0 unspecified atom stereocenters. The zero-order valence-electron chi connectivity index (χ0n) is 14.5. The monoisotopic (exact) mass is 297 g/mol. The van der Waals surface area contributed by atoms with Crippen LogP contribution in [0.25, 0.3) is 0 Å². The molecule has 0 aromatic carbocycles. The van der Waals surface area contributed by atoms with Gasteiger partial charge >= 0.3 is 5.97 Å². The van der Waals surface area contributed by atoms with Crippen LogP contribution in [0.4, 0.5) is 0 Å². The van der Waals surface area contributed by atoms with E-state index >= 15 is 0 Å². The molecule has 0 radical (unpaired) electrons. The van der Waals surface area contributed by atoms with Gasteiger partial charge in [-0.1, -0.05) is 34.1 Å². The molecule has 21 heavy (non-hydrogen) atoms. The standard InChI is InChI=1S/C18H35NO2/c1-14(2)7-5-6-12-21-18(20)17-10-8-16(9-11-17)13-19-15(3)4/h14-17,19H,5-13H2,1-4H3. The highest BCUT2D eigenvalue weighted by molar-refractivity contribution is 5.72. The predicted molar refractivity (Wildman–Crippen MR) is 88.2 cm³/mol. The van der Waals surface area contributed by atoms with Gasteiger partial charge in [-0.15, -0.1) is 0 Å². The van der Waals surface area contributed by atoms with E-state index < -0.39 is 0 Å². The maximum absolute atomic E-state index is 12.0. The second-order valence-corrected chi connectivity index (χ2v) is 7.34. The Kier molecular flexibility index (Phi) is 8.98. The lowest BCUT2D eigenvalue weighted by atomic mass is 9.82. The molecule has 1 saturated carbocycles. The Morgan fingerprint density at radius 3 is 2.33 bits per heavy atom. The van der Waals surface area contributed by atoms with Crippen LogP contribution in [-0.4, -0.2) is 25.2 Å². The summed E-state index contributed by atoms with van der Waals surface area (Å²) in [6, 6.07) is 0.554. The highest BCUT2D eigenvalue weighted by atomic mass is 16.5. The number of nitrogens with one attached hydrogen (secondary N) is 1. The summed E-state index contributed by atoms with van der Waals surface area (Å²) < 4.78 is 5.44. The molecule has 1 fully saturated rings. The number of rotatable bonds is 9. The number of ether oxygens (including phenoxy) is 1.